The van der Waals surface area contributed by atoms with Crippen LogP contribution in [0.1, 0.15) is 0 Å². The van der Waals surface area contributed by atoms with Gasteiger partial charge < -0.3 is 20.9 Å². The molecular formula is C27H25FN10. The lowest BCUT2D eigenvalue weighted by atomic mass is 10.1. The van der Waals surface area contributed by atoms with Crippen molar-refractivity contribution < 1.29 is 4.39 Å². The van der Waals surface area contributed by atoms with Crippen LogP contribution in [-0.2, 0) is 0 Å². The van der Waals surface area contributed by atoms with Crippen LogP contribution in [0.3, 0.4) is 0 Å². The minimum Gasteiger partial charge on any atom is -0.397 e. The van der Waals surface area contributed by atoms with Gasteiger partial charge in [0.15, 0.2) is 5.82 Å². The zero-order valence-electron chi connectivity index (χ0n) is 20.8. The average molecular weight is 509 g/mol. The second-order valence-corrected chi connectivity index (χ2v) is 9.29. The summed E-state index contributed by atoms with van der Waals surface area (Å²) in [5, 5.41) is 11.6. The van der Waals surface area contributed by atoms with Gasteiger partial charge in [0.1, 0.15) is 17.0 Å². The van der Waals surface area contributed by atoms with Gasteiger partial charge in [-0.15, -0.1) is 0 Å². The molecule has 1 aromatic carbocycles. The van der Waals surface area contributed by atoms with Gasteiger partial charge in [-0.1, -0.05) is 0 Å². The largest absolute Gasteiger partial charge is 0.397 e. The Kier molecular flexibility index (Phi) is 5.89. The molecule has 38 heavy (non-hydrogen) atoms. The summed E-state index contributed by atoms with van der Waals surface area (Å²) in [7, 11) is 3.99. The number of nitrogens with two attached hydrogens (primary N) is 1. The van der Waals surface area contributed by atoms with E-state index in [0.717, 1.165) is 28.5 Å². The number of hydrogen-bond acceptors (Lipinski definition) is 8. The smallest absolute Gasteiger partial charge is 0.159 e. The predicted molar refractivity (Wildman–Crippen MR) is 147 cm³/mol. The number of halogens is 1. The van der Waals surface area contributed by atoms with Crippen LogP contribution < -0.4 is 11.1 Å². The molecule has 0 radical (unpaired) electrons. The van der Waals surface area contributed by atoms with Crippen LogP contribution in [0.5, 0.6) is 0 Å². The minimum atomic E-state index is -0.348. The number of pyridine rings is 3. The summed E-state index contributed by atoms with van der Waals surface area (Å²) < 4.78 is 14.6. The number of hydrogen-bond donors (Lipinski definition) is 4. The Labute approximate surface area is 217 Å². The van der Waals surface area contributed by atoms with Gasteiger partial charge in [-0.05, 0) is 50.5 Å². The second-order valence-electron chi connectivity index (χ2n) is 9.29. The number of nitrogen functional groups attached to an aromatic ring is 1. The summed E-state index contributed by atoms with van der Waals surface area (Å²) in [5.41, 5.74) is 12.7. The number of nitrogens with zero attached hydrogens (tertiary/aromatic N) is 6. The van der Waals surface area contributed by atoms with Crippen LogP contribution in [-0.4, -0.2) is 67.2 Å². The quantitative estimate of drug-likeness (QED) is 0.250. The van der Waals surface area contributed by atoms with Crippen LogP contribution in [0.4, 0.5) is 15.8 Å². The molecule has 0 saturated carbocycles. The van der Waals surface area contributed by atoms with E-state index < -0.39 is 0 Å². The van der Waals surface area contributed by atoms with E-state index in [9.17, 15) is 4.39 Å². The highest BCUT2D eigenvalue weighted by molar-refractivity contribution is 5.97. The van der Waals surface area contributed by atoms with Crippen LogP contribution >= 0.6 is 0 Å². The Morgan fingerprint density at radius 2 is 1.87 bits per heavy atom. The molecule has 0 saturated heterocycles. The predicted octanol–water partition coefficient (Wildman–Crippen LogP) is 4.32. The van der Waals surface area contributed by atoms with E-state index in [1.807, 2.05) is 38.4 Å². The van der Waals surface area contributed by atoms with Crippen LogP contribution in [0, 0.1) is 5.82 Å². The average Bonchev–Trinajstić information content (AvgIpc) is 3.51. The maximum atomic E-state index is 14.6. The van der Waals surface area contributed by atoms with Gasteiger partial charge in [0.05, 0.1) is 34.3 Å². The Hall–Kier alpha value is -4.90. The van der Waals surface area contributed by atoms with Gasteiger partial charge >= 0.3 is 0 Å². The molecule has 0 aliphatic carbocycles. The van der Waals surface area contributed by atoms with Crippen LogP contribution in [0.2, 0.25) is 0 Å². The first kappa shape index (κ1) is 23.5. The number of rotatable bonds is 7. The van der Waals surface area contributed by atoms with E-state index >= 15 is 0 Å². The number of aromatic nitrogens is 7. The lowest BCUT2D eigenvalue weighted by molar-refractivity contribution is 0.425. The van der Waals surface area contributed by atoms with Crippen molar-refractivity contribution in [1.82, 2.24) is 40.0 Å². The Morgan fingerprint density at radius 1 is 0.974 bits per heavy atom. The number of nitrogens with one attached hydrogen (secondary N) is 3. The Balaban J connectivity index is 1.40. The third-order valence-electron chi connectivity index (χ3n) is 6.19. The summed E-state index contributed by atoms with van der Waals surface area (Å²) in [6, 6.07) is 10.4. The molecule has 190 valence electrons. The highest BCUT2D eigenvalue weighted by atomic mass is 19.1. The molecule has 0 bridgehead atoms. The van der Waals surface area contributed by atoms with Gasteiger partial charge in [-0.3, -0.25) is 20.1 Å². The van der Waals surface area contributed by atoms with E-state index in [-0.39, 0.29) is 5.82 Å². The minimum absolute atomic E-state index is 0.348. The Morgan fingerprint density at radius 3 is 2.71 bits per heavy atom. The zero-order valence-corrected chi connectivity index (χ0v) is 20.8. The third-order valence-corrected chi connectivity index (χ3v) is 6.19. The first-order chi connectivity index (χ1) is 18.4. The van der Waals surface area contributed by atoms with Crippen molar-refractivity contribution >= 4 is 33.3 Å². The lowest BCUT2D eigenvalue weighted by Gasteiger charge is -2.12. The molecule has 0 atom stereocenters. The number of imidazole rings is 1. The molecule has 11 heteroatoms. The summed E-state index contributed by atoms with van der Waals surface area (Å²) in [4.78, 5) is 23.5. The van der Waals surface area contributed by atoms with Gasteiger partial charge in [0, 0.05) is 53.9 Å². The van der Waals surface area contributed by atoms with E-state index in [4.69, 9.17) is 10.7 Å². The fourth-order valence-corrected chi connectivity index (χ4v) is 4.36. The Bertz CT molecular complexity index is 1770. The molecule has 0 aliphatic rings. The molecule has 0 spiro atoms. The third kappa shape index (κ3) is 4.50. The normalized spacial score (nSPS) is 11.6. The number of fused-ring (bicyclic) bond motifs is 2. The SMILES string of the molecule is CN(C)CCNc1cc(F)cc(-c2nccc3[nH]c(-c4n[nH]c5cnc(-c6cncc(N)c6)cc45)nc23)c1. The van der Waals surface area contributed by atoms with Gasteiger partial charge in [-0.2, -0.15) is 5.10 Å². The van der Waals surface area contributed by atoms with Crippen molar-refractivity contribution in [2.24, 2.45) is 0 Å². The number of benzene rings is 1. The van der Waals surface area contributed by atoms with Crippen molar-refractivity contribution in [2.75, 3.05) is 38.2 Å². The number of aromatic amines is 2. The lowest BCUT2D eigenvalue weighted by Crippen LogP contribution is -2.20. The molecule has 10 nitrogen and oxygen atoms in total. The van der Waals surface area contributed by atoms with Gasteiger partial charge in [0.2, 0.25) is 0 Å². The molecule has 0 unspecified atom stereocenters. The van der Waals surface area contributed by atoms with Gasteiger partial charge in [-0.25, -0.2) is 9.37 Å². The van der Waals surface area contributed by atoms with Crippen molar-refractivity contribution in [1.29, 1.82) is 0 Å². The number of anilines is 2. The monoisotopic (exact) mass is 508 g/mol. The molecule has 5 aromatic heterocycles. The summed E-state index contributed by atoms with van der Waals surface area (Å²) in [6.07, 6.45) is 6.71. The molecular weight excluding hydrogens is 483 g/mol. The van der Waals surface area contributed by atoms with Crippen molar-refractivity contribution in [3.05, 3.63) is 67.0 Å². The number of likely N-dealkylation sites (N-methyl/N-ethyl adjacent to an activating group) is 1. The maximum Gasteiger partial charge on any atom is 0.159 e. The summed E-state index contributed by atoms with van der Waals surface area (Å²) >= 11 is 0. The topological polar surface area (TPSA) is 137 Å². The summed E-state index contributed by atoms with van der Waals surface area (Å²) in [5.74, 6) is 0.211. The first-order valence-electron chi connectivity index (χ1n) is 12.0. The van der Waals surface area contributed by atoms with E-state index in [0.29, 0.717) is 51.9 Å². The molecule has 6 rings (SSSR count). The molecule has 0 amide bonds. The first-order valence-corrected chi connectivity index (χ1v) is 12.0. The van der Waals surface area contributed by atoms with Crippen molar-refractivity contribution in [2.45, 2.75) is 0 Å². The van der Waals surface area contributed by atoms with Gasteiger partial charge in [0.25, 0.3) is 0 Å². The van der Waals surface area contributed by atoms with E-state index in [1.54, 1.807) is 24.8 Å². The van der Waals surface area contributed by atoms with E-state index in [1.165, 1.54) is 12.1 Å². The van der Waals surface area contributed by atoms with Crippen LogP contribution in [0.25, 0.3) is 56.0 Å². The second kappa shape index (κ2) is 9.52. The molecule has 0 fully saturated rings. The molecule has 0 aliphatic heterocycles. The van der Waals surface area contributed by atoms with Crippen molar-refractivity contribution in [3.63, 3.8) is 0 Å². The van der Waals surface area contributed by atoms with Crippen LogP contribution in [0.15, 0.2) is 61.2 Å². The van der Waals surface area contributed by atoms with Crippen molar-refractivity contribution in [3.8, 4) is 34.0 Å². The fourth-order valence-electron chi connectivity index (χ4n) is 4.36. The van der Waals surface area contributed by atoms with E-state index in [2.05, 4.69) is 40.3 Å². The highest BCUT2D eigenvalue weighted by Gasteiger charge is 2.17. The standard InChI is InChI=1S/C27H25FN10/c1-38(2)6-5-31-19-9-15(7-17(28)10-19)24-26-21(3-4-32-24)34-27(35-26)25-20-11-22(33-14-23(20)36-37-25)16-8-18(29)13-30-12-16/h3-4,7-14,31H,5-6,29H2,1-2H3,(H,34,35)(H,36,37). The molecule has 5 heterocycles. The maximum absolute atomic E-state index is 14.6. The number of H-pyrrole nitrogens is 2. The fraction of sp³-hybridized carbons (Fsp3) is 0.148. The molecule has 6 aromatic rings. The highest BCUT2D eigenvalue weighted by Crippen LogP contribution is 2.32. The zero-order chi connectivity index (χ0) is 26.2. The summed E-state index contributed by atoms with van der Waals surface area (Å²) in [6.45, 7) is 1.51. The molecule has 5 N–H and O–H groups in total.